The number of piperidine rings is 1. The van der Waals surface area contributed by atoms with Crippen molar-refractivity contribution in [2.75, 3.05) is 32.7 Å². The highest BCUT2D eigenvalue weighted by Gasteiger charge is 2.40. The lowest BCUT2D eigenvalue weighted by Gasteiger charge is -2.46. The number of rotatable bonds is 3. The monoisotopic (exact) mass is 400 g/mol. The molecule has 1 unspecified atom stereocenters. The number of aromatic nitrogens is 1. The maximum Gasteiger partial charge on any atom is 0.421 e. The summed E-state index contributed by atoms with van der Waals surface area (Å²) in [5.41, 5.74) is -1.04. The Labute approximate surface area is 163 Å². The van der Waals surface area contributed by atoms with Gasteiger partial charge in [-0.1, -0.05) is 0 Å². The first-order valence-electron chi connectivity index (χ1n) is 9.73. The second-order valence-electron chi connectivity index (χ2n) is 7.66. The molecule has 0 bridgehead atoms. The van der Waals surface area contributed by atoms with Crippen LogP contribution in [0.15, 0.2) is 18.3 Å². The lowest BCUT2D eigenvalue weighted by atomic mass is 9.87. The van der Waals surface area contributed by atoms with Crippen LogP contribution in [-0.2, 0) is 6.18 Å². The van der Waals surface area contributed by atoms with Gasteiger partial charge in [-0.15, -0.1) is 0 Å². The number of halogens is 3. The summed E-state index contributed by atoms with van der Waals surface area (Å²) in [5, 5.41) is 3.31. The normalized spacial score (nSPS) is 22.5. The molecule has 6 nitrogen and oxygen atoms in total. The van der Waals surface area contributed by atoms with Gasteiger partial charge in [0.25, 0.3) is 0 Å². The molecular weight excluding hydrogens is 373 g/mol. The molecule has 2 aliphatic rings. The van der Waals surface area contributed by atoms with Crippen LogP contribution in [0, 0.1) is 5.92 Å². The zero-order valence-electron chi connectivity index (χ0n) is 16.2. The first kappa shape index (κ1) is 20.9. The molecule has 1 atom stereocenters. The van der Waals surface area contributed by atoms with E-state index in [9.17, 15) is 18.0 Å². The molecule has 0 aliphatic carbocycles. The highest BCUT2D eigenvalue weighted by Crippen LogP contribution is 2.35. The van der Waals surface area contributed by atoms with Crippen molar-refractivity contribution in [1.82, 2.24) is 20.1 Å². The number of hydrogen-bond donors (Lipinski definition) is 1. The number of pyridine rings is 1. The van der Waals surface area contributed by atoms with Crippen LogP contribution in [-0.4, -0.2) is 65.7 Å². The van der Waals surface area contributed by atoms with Crippen LogP contribution in [0.5, 0.6) is 5.88 Å². The zero-order chi connectivity index (χ0) is 20.3. The molecule has 156 valence electrons. The number of alkyl halides is 3. The fraction of sp³-hybridized carbons (Fsp3) is 0.684. The lowest BCUT2D eigenvalue weighted by Crippen LogP contribution is -2.60. The number of ether oxygens (including phenoxy) is 1. The SMILES string of the molecule is CC(C)N1CCN(C(=O)Oc2ncccc2C(F)(F)F)C(C2CCNCC2)C1. The van der Waals surface area contributed by atoms with E-state index in [-0.39, 0.29) is 6.04 Å². The first-order chi connectivity index (χ1) is 13.3. The molecule has 3 heterocycles. The molecule has 3 rings (SSSR count). The number of nitrogens with one attached hydrogen (secondary N) is 1. The van der Waals surface area contributed by atoms with E-state index in [0.717, 1.165) is 32.0 Å². The van der Waals surface area contributed by atoms with Crippen LogP contribution in [0.3, 0.4) is 0 Å². The van der Waals surface area contributed by atoms with E-state index < -0.39 is 23.7 Å². The largest absolute Gasteiger partial charge is 0.421 e. The van der Waals surface area contributed by atoms with Crippen molar-refractivity contribution >= 4 is 6.09 Å². The third kappa shape index (κ3) is 4.75. The fourth-order valence-corrected chi connectivity index (χ4v) is 3.99. The van der Waals surface area contributed by atoms with E-state index in [2.05, 4.69) is 29.0 Å². The Bertz CT molecular complexity index is 677. The van der Waals surface area contributed by atoms with E-state index in [4.69, 9.17) is 4.74 Å². The third-order valence-corrected chi connectivity index (χ3v) is 5.60. The van der Waals surface area contributed by atoms with Gasteiger partial charge in [-0.3, -0.25) is 4.90 Å². The Kier molecular flexibility index (Phi) is 6.44. The summed E-state index contributed by atoms with van der Waals surface area (Å²) in [7, 11) is 0. The highest BCUT2D eigenvalue weighted by atomic mass is 19.4. The quantitative estimate of drug-likeness (QED) is 0.845. The van der Waals surface area contributed by atoms with Gasteiger partial charge in [-0.2, -0.15) is 13.2 Å². The topological polar surface area (TPSA) is 57.7 Å². The van der Waals surface area contributed by atoms with Gasteiger partial charge in [0.05, 0.1) is 6.04 Å². The van der Waals surface area contributed by atoms with E-state index in [1.54, 1.807) is 4.90 Å². The van der Waals surface area contributed by atoms with Gasteiger partial charge < -0.3 is 15.0 Å². The summed E-state index contributed by atoms with van der Waals surface area (Å²) in [6, 6.07) is 2.31. The summed E-state index contributed by atoms with van der Waals surface area (Å²) in [5.74, 6) is -0.392. The molecule has 1 aromatic heterocycles. The number of amides is 1. The number of hydrogen-bond acceptors (Lipinski definition) is 5. The molecule has 2 fully saturated rings. The number of carbonyl (C=O) groups is 1. The van der Waals surface area contributed by atoms with Crippen LogP contribution < -0.4 is 10.1 Å². The smallest absolute Gasteiger partial charge is 0.390 e. The molecule has 0 aromatic carbocycles. The summed E-state index contributed by atoms with van der Waals surface area (Å²) in [6.07, 6.45) is -2.33. The van der Waals surface area contributed by atoms with E-state index in [0.29, 0.717) is 31.6 Å². The Morgan fingerprint density at radius 2 is 2.00 bits per heavy atom. The van der Waals surface area contributed by atoms with Crippen molar-refractivity contribution in [3.63, 3.8) is 0 Å². The number of carbonyl (C=O) groups excluding carboxylic acids is 1. The third-order valence-electron chi connectivity index (χ3n) is 5.60. The summed E-state index contributed by atoms with van der Waals surface area (Å²) in [6.45, 7) is 7.77. The molecule has 1 aromatic rings. The van der Waals surface area contributed by atoms with Crippen LogP contribution >= 0.6 is 0 Å². The molecule has 0 saturated carbocycles. The van der Waals surface area contributed by atoms with Crippen LogP contribution in [0.1, 0.15) is 32.3 Å². The average Bonchev–Trinajstić information content (AvgIpc) is 2.67. The molecule has 0 radical (unpaired) electrons. The number of piperazine rings is 1. The van der Waals surface area contributed by atoms with Gasteiger partial charge in [0, 0.05) is 31.9 Å². The van der Waals surface area contributed by atoms with Gasteiger partial charge in [-0.25, -0.2) is 9.78 Å². The van der Waals surface area contributed by atoms with Crippen LogP contribution in [0.4, 0.5) is 18.0 Å². The minimum atomic E-state index is -4.63. The Morgan fingerprint density at radius 1 is 1.29 bits per heavy atom. The minimum Gasteiger partial charge on any atom is -0.390 e. The van der Waals surface area contributed by atoms with Crippen molar-refractivity contribution in [1.29, 1.82) is 0 Å². The Morgan fingerprint density at radius 3 is 2.64 bits per heavy atom. The van der Waals surface area contributed by atoms with Crippen LogP contribution in [0.2, 0.25) is 0 Å². The number of nitrogens with zero attached hydrogens (tertiary/aromatic N) is 3. The molecule has 1 N–H and O–H groups in total. The Hall–Kier alpha value is -1.87. The molecular formula is C19H27F3N4O2. The minimum absolute atomic E-state index is 0.0798. The average molecular weight is 400 g/mol. The van der Waals surface area contributed by atoms with Crippen molar-refractivity contribution in [2.24, 2.45) is 5.92 Å². The maximum atomic E-state index is 13.2. The maximum absolute atomic E-state index is 13.2. The van der Waals surface area contributed by atoms with Gasteiger partial charge in [0.1, 0.15) is 5.56 Å². The van der Waals surface area contributed by atoms with Crippen molar-refractivity contribution in [2.45, 2.75) is 44.9 Å². The van der Waals surface area contributed by atoms with Gasteiger partial charge in [-0.05, 0) is 57.8 Å². The van der Waals surface area contributed by atoms with Gasteiger partial charge in [0.2, 0.25) is 5.88 Å². The predicted octanol–water partition coefficient (Wildman–Crippen LogP) is 2.99. The predicted molar refractivity (Wildman–Crippen MR) is 98.1 cm³/mol. The second kappa shape index (κ2) is 8.65. The second-order valence-corrected chi connectivity index (χ2v) is 7.66. The first-order valence-corrected chi connectivity index (χ1v) is 9.73. The summed E-state index contributed by atoms with van der Waals surface area (Å²) in [4.78, 5) is 20.4. The van der Waals surface area contributed by atoms with Gasteiger partial charge >= 0.3 is 12.3 Å². The van der Waals surface area contributed by atoms with Crippen molar-refractivity contribution in [3.05, 3.63) is 23.9 Å². The van der Waals surface area contributed by atoms with E-state index in [1.807, 2.05) is 0 Å². The Balaban J connectivity index is 1.79. The molecule has 2 saturated heterocycles. The van der Waals surface area contributed by atoms with Crippen molar-refractivity contribution in [3.8, 4) is 5.88 Å². The molecule has 0 spiro atoms. The molecule has 2 aliphatic heterocycles. The summed E-state index contributed by atoms with van der Waals surface area (Å²) >= 11 is 0. The van der Waals surface area contributed by atoms with E-state index in [1.165, 1.54) is 12.3 Å². The summed E-state index contributed by atoms with van der Waals surface area (Å²) < 4.78 is 44.7. The lowest BCUT2D eigenvalue weighted by molar-refractivity contribution is -0.139. The van der Waals surface area contributed by atoms with E-state index >= 15 is 0 Å². The van der Waals surface area contributed by atoms with Crippen molar-refractivity contribution < 1.29 is 22.7 Å². The highest BCUT2D eigenvalue weighted by molar-refractivity contribution is 5.71. The fourth-order valence-electron chi connectivity index (χ4n) is 3.99. The van der Waals surface area contributed by atoms with Crippen LogP contribution in [0.25, 0.3) is 0 Å². The molecule has 1 amide bonds. The molecule has 28 heavy (non-hydrogen) atoms. The van der Waals surface area contributed by atoms with Gasteiger partial charge in [0.15, 0.2) is 0 Å². The molecule has 9 heteroatoms. The zero-order valence-corrected chi connectivity index (χ0v) is 16.2. The standard InChI is InChI=1S/C19H27F3N4O2/c1-13(2)25-10-11-26(16(12-25)14-5-8-23-9-6-14)18(27)28-17-15(19(20,21)22)4-3-7-24-17/h3-4,7,13-14,16,23H,5-6,8-12H2,1-2H3.